The van der Waals surface area contributed by atoms with Gasteiger partial charge in [0.25, 0.3) is 5.91 Å². The number of rotatable bonds is 7. The average Bonchev–Trinajstić information content (AvgIpc) is 3.25. The molecule has 0 saturated heterocycles. The summed E-state index contributed by atoms with van der Waals surface area (Å²) in [6, 6.07) is 8.85. The van der Waals surface area contributed by atoms with Gasteiger partial charge in [-0.15, -0.1) is 10.2 Å². The number of benzene rings is 1. The Kier molecular flexibility index (Phi) is 5.83. The summed E-state index contributed by atoms with van der Waals surface area (Å²) in [6.45, 7) is 0. The molecular formula is C20H20N10O2. The summed E-state index contributed by atoms with van der Waals surface area (Å²) < 4.78 is 7.25. The highest BCUT2D eigenvalue weighted by molar-refractivity contribution is 5.99. The molecule has 0 saturated carbocycles. The summed E-state index contributed by atoms with van der Waals surface area (Å²) in [5.74, 6) is 1.56. The first kappa shape index (κ1) is 20.7. The van der Waals surface area contributed by atoms with Crippen molar-refractivity contribution in [3.05, 3.63) is 54.9 Å². The zero-order valence-corrected chi connectivity index (χ0v) is 17.6. The third kappa shape index (κ3) is 4.28. The fourth-order valence-corrected chi connectivity index (χ4v) is 2.97. The maximum absolute atomic E-state index is 12.4. The molecule has 12 heteroatoms. The molecule has 0 fully saturated rings. The second-order valence-electron chi connectivity index (χ2n) is 6.54. The van der Waals surface area contributed by atoms with Gasteiger partial charge in [0.1, 0.15) is 18.5 Å². The van der Waals surface area contributed by atoms with Crippen LogP contribution >= 0.6 is 0 Å². The number of carbonyl (C=O) groups is 1. The largest absolute Gasteiger partial charge is 0.494 e. The van der Waals surface area contributed by atoms with Gasteiger partial charge in [0.15, 0.2) is 23.1 Å². The molecule has 0 aliphatic carbocycles. The SMILES string of the molecule is CNC(=O)c1nnc(Nc2ccncn2)cc1Nc1cccc(-c2ncn(C)n2)c1OC. The maximum Gasteiger partial charge on any atom is 0.273 e. The molecule has 12 nitrogen and oxygen atoms in total. The van der Waals surface area contributed by atoms with Crippen molar-refractivity contribution in [2.24, 2.45) is 7.05 Å². The van der Waals surface area contributed by atoms with E-state index in [1.165, 1.54) is 13.4 Å². The van der Waals surface area contributed by atoms with Crippen molar-refractivity contribution in [2.45, 2.75) is 0 Å². The summed E-state index contributed by atoms with van der Waals surface area (Å²) >= 11 is 0. The number of anilines is 4. The van der Waals surface area contributed by atoms with Crippen molar-refractivity contribution in [2.75, 3.05) is 24.8 Å². The van der Waals surface area contributed by atoms with Gasteiger partial charge < -0.3 is 20.7 Å². The van der Waals surface area contributed by atoms with E-state index in [2.05, 4.69) is 46.2 Å². The first-order valence-corrected chi connectivity index (χ1v) is 9.52. The average molecular weight is 432 g/mol. The van der Waals surface area contributed by atoms with Gasteiger partial charge in [0.05, 0.1) is 24.0 Å². The lowest BCUT2D eigenvalue weighted by atomic mass is 10.1. The van der Waals surface area contributed by atoms with Gasteiger partial charge >= 0.3 is 0 Å². The van der Waals surface area contributed by atoms with Crippen LogP contribution in [0.2, 0.25) is 0 Å². The van der Waals surface area contributed by atoms with Crippen molar-refractivity contribution in [1.29, 1.82) is 0 Å². The van der Waals surface area contributed by atoms with E-state index in [1.807, 2.05) is 18.2 Å². The minimum absolute atomic E-state index is 0.115. The minimum atomic E-state index is -0.393. The van der Waals surface area contributed by atoms with Gasteiger partial charge in [-0.3, -0.25) is 9.48 Å². The van der Waals surface area contributed by atoms with E-state index in [-0.39, 0.29) is 5.69 Å². The number of aryl methyl sites for hydroxylation is 1. The molecule has 0 radical (unpaired) electrons. The minimum Gasteiger partial charge on any atom is -0.494 e. The van der Waals surface area contributed by atoms with Gasteiger partial charge in [0.2, 0.25) is 0 Å². The van der Waals surface area contributed by atoms with Gasteiger partial charge in [-0.05, 0) is 18.2 Å². The van der Waals surface area contributed by atoms with Gasteiger partial charge in [-0.1, -0.05) is 6.07 Å². The quantitative estimate of drug-likeness (QED) is 0.396. The zero-order valence-electron chi connectivity index (χ0n) is 17.6. The maximum atomic E-state index is 12.4. The van der Waals surface area contributed by atoms with E-state index in [9.17, 15) is 4.79 Å². The molecule has 3 heterocycles. The van der Waals surface area contributed by atoms with E-state index in [4.69, 9.17) is 4.74 Å². The predicted molar refractivity (Wildman–Crippen MR) is 117 cm³/mol. The van der Waals surface area contributed by atoms with E-state index >= 15 is 0 Å². The summed E-state index contributed by atoms with van der Waals surface area (Å²) in [5.41, 5.74) is 1.83. The highest BCUT2D eigenvalue weighted by Crippen LogP contribution is 2.37. The Hall–Kier alpha value is -4.61. The Morgan fingerprint density at radius 2 is 1.94 bits per heavy atom. The normalized spacial score (nSPS) is 10.5. The number of ether oxygens (including phenoxy) is 1. The summed E-state index contributed by atoms with van der Waals surface area (Å²) in [4.78, 5) is 24.7. The number of carbonyl (C=O) groups excluding carboxylic acids is 1. The van der Waals surface area contributed by atoms with Crippen LogP contribution in [0.5, 0.6) is 5.75 Å². The number of methoxy groups -OCH3 is 1. The number of nitrogens with one attached hydrogen (secondary N) is 3. The van der Waals surface area contributed by atoms with Crippen LogP contribution in [-0.2, 0) is 7.05 Å². The molecule has 1 aromatic carbocycles. The fraction of sp³-hybridized carbons (Fsp3) is 0.150. The van der Waals surface area contributed by atoms with Crippen LogP contribution < -0.4 is 20.7 Å². The lowest BCUT2D eigenvalue weighted by Gasteiger charge is -2.16. The van der Waals surface area contributed by atoms with Crippen LogP contribution in [0.15, 0.2) is 49.2 Å². The van der Waals surface area contributed by atoms with Crippen molar-refractivity contribution in [3.8, 4) is 17.1 Å². The third-order valence-corrected chi connectivity index (χ3v) is 4.40. The summed E-state index contributed by atoms with van der Waals surface area (Å²) in [6.07, 6.45) is 4.62. The molecule has 3 aromatic heterocycles. The van der Waals surface area contributed by atoms with Crippen molar-refractivity contribution >= 4 is 28.9 Å². The van der Waals surface area contributed by atoms with Crippen molar-refractivity contribution in [3.63, 3.8) is 0 Å². The smallest absolute Gasteiger partial charge is 0.273 e. The number of nitrogens with zero attached hydrogens (tertiary/aromatic N) is 7. The number of para-hydroxylation sites is 1. The van der Waals surface area contributed by atoms with Crippen LogP contribution in [0.3, 0.4) is 0 Å². The molecule has 0 spiro atoms. The molecule has 32 heavy (non-hydrogen) atoms. The van der Waals surface area contributed by atoms with Crippen molar-refractivity contribution in [1.82, 2.24) is 40.2 Å². The molecule has 0 aliphatic heterocycles. The van der Waals surface area contributed by atoms with E-state index in [0.717, 1.165) is 0 Å². The number of aromatic nitrogens is 7. The Bertz CT molecular complexity index is 1240. The first-order valence-electron chi connectivity index (χ1n) is 9.52. The van der Waals surface area contributed by atoms with Gasteiger partial charge in [-0.25, -0.2) is 15.0 Å². The highest BCUT2D eigenvalue weighted by Gasteiger charge is 2.19. The van der Waals surface area contributed by atoms with Gasteiger partial charge in [-0.2, -0.15) is 5.10 Å². The van der Waals surface area contributed by atoms with Crippen LogP contribution in [0.25, 0.3) is 11.4 Å². The Morgan fingerprint density at radius 3 is 2.62 bits per heavy atom. The van der Waals surface area contributed by atoms with Crippen LogP contribution in [0, 0.1) is 0 Å². The molecule has 4 rings (SSSR count). The molecule has 162 valence electrons. The Balaban J connectivity index is 1.74. The molecule has 4 aromatic rings. The van der Waals surface area contributed by atoms with Crippen molar-refractivity contribution < 1.29 is 9.53 Å². The number of amides is 1. The number of hydrogen-bond acceptors (Lipinski definition) is 10. The highest BCUT2D eigenvalue weighted by atomic mass is 16.5. The molecule has 0 atom stereocenters. The fourth-order valence-electron chi connectivity index (χ4n) is 2.97. The van der Waals surface area contributed by atoms with Crippen LogP contribution in [0.1, 0.15) is 10.5 Å². The molecular weight excluding hydrogens is 412 g/mol. The summed E-state index contributed by atoms with van der Waals surface area (Å²) in [7, 11) is 4.86. The second-order valence-corrected chi connectivity index (χ2v) is 6.54. The summed E-state index contributed by atoms with van der Waals surface area (Å²) in [5, 5.41) is 21.3. The Labute approximate surface area is 183 Å². The first-order chi connectivity index (χ1) is 15.6. The lowest BCUT2D eigenvalue weighted by molar-refractivity contribution is 0.0958. The topological polar surface area (TPSA) is 145 Å². The Morgan fingerprint density at radius 1 is 1.06 bits per heavy atom. The number of hydrogen-bond donors (Lipinski definition) is 3. The molecule has 3 N–H and O–H groups in total. The molecule has 0 unspecified atom stereocenters. The van der Waals surface area contributed by atoms with Crippen LogP contribution in [-0.4, -0.2) is 55.0 Å². The molecule has 1 amide bonds. The lowest BCUT2D eigenvalue weighted by Crippen LogP contribution is -2.21. The molecule has 0 aliphatic rings. The standard InChI is InChI=1S/C20H20N10O2/c1-21-20(31)17-14(9-16(27-28-17)26-15-7-8-22-10-23-15)25-13-6-4-5-12(18(13)32-3)19-24-11-30(2)29-19/h4-11H,1-3H3,(H,21,31)(H2,22,23,25,26,27). The predicted octanol–water partition coefficient (Wildman–Crippen LogP) is 1.92. The van der Waals surface area contributed by atoms with Gasteiger partial charge in [0, 0.05) is 26.4 Å². The zero-order chi connectivity index (χ0) is 22.5. The molecule has 0 bridgehead atoms. The van der Waals surface area contributed by atoms with E-state index in [0.29, 0.717) is 40.1 Å². The third-order valence-electron chi connectivity index (χ3n) is 4.40. The monoisotopic (exact) mass is 432 g/mol. The van der Waals surface area contributed by atoms with E-state index < -0.39 is 5.91 Å². The van der Waals surface area contributed by atoms with E-state index in [1.54, 1.807) is 43.5 Å². The van der Waals surface area contributed by atoms with Crippen LogP contribution in [0.4, 0.5) is 23.0 Å². The second kappa shape index (κ2) is 9.04.